The van der Waals surface area contributed by atoms with E-state index in [1.54, 1.807) is 0 Å². The van der Waals surface area contributed by atoms with Crippen molar-refractivity contribution in [1.82, 2.24) is 14.5 Å². The lowest BCUT2D eigenvalue weighted by molar-refractivity contribution is -0.126. The zero-order chi connectivity index (χ0) is 22.6. The molecule has 8 heteroatoms. The van der Waals surface area contributed by atoms with E-state index in [0.29, 0.717) is 25.9 Å². The quantitative estimate of drug-likeness (QED) is 0.691. The Bertz CT molecular complexity index is 1040. The standard InChI is InChI=1S/C24H30FN3O3S/c25-22-8-10-23(11-9-22)32(30,31)28-14-4-7-21(18-28)24(29)26-16-19-5-3-6-20(15-19)17-27-12-1-2-13-27/h3,5-6,8-11,15,21H,1-2,4,7,12-14,16-18H2,(H,26,29)/t21-/m1/s1. The molecule has 0 radical (unpaired) electrons. The maximum absolute atomic E-state index is 13.2. The average molecular weight is 460 g/mol. The van der Waals surface area contributed by atoms with Gasteiger partial charge in [0.2, 0.25) is 15.9 Å². The normalized spacial score (nSPS) is 20.3. The van der Waals surface area contributed by atoms with Gasteiger partial charge in [0.25, 0.3) is 0 Å². The molecule has 2 aliphatic heterocycles. The Kier molecular flexibility index (Phi) is 7.23. The van der Waals surface area contributed by atoms with Crippen LogP contribution in [0.2, 0.25) is 0 Å². The van der Waals surface area contributed by atoms with Gasteiger partial charge in [0.1, 0.15) is 5.82 Å². The lowest BCUT2D eigenvalue weighted by atomic mass is 9.98. The van der Waals surface area contributed by atoms with Crippen LogP contribution in [0, 0.1) is 11.7 Å². The summed E-state index contributed by atoms with van der Waals surface area (Å²) in [5, 5.41) is 2.99. The highest BCUT2D eigenvalue weighted by molar-refractivity contribution is 7.89. The highest BCUT2D eigenvalue weighted by Gasteiger charge is 2.33. The van der Waals surface area contributed by atoms with E-state index < -0.39 is 21.8 Å². The van der Waals surface area contributed by atoms with Crippen LogP contribution in [0.5, 0.6) is 0 Å². The third kappa shape index (κ3) is 5.54. The number of amides is 1. The van der Waals surface area contributed by atoms with Gasteiger partial charge in [-0.2, -0.15) is 4.31 Å². The van der Waals surface area contributed by atoms with Crippen LogP contribution in [0.3, 0.4) is 0 Å². The Morgan fingerprint density at radius 1 is 1.00 bits per heavy atom. The van der Waals surface area contributed by atoms with Gasteiger partial charge in [-0.25, -0.2) is 12.8 Å². The molecule has 2 aromatic rings. The zero-order valence-electron chi connectivity index (χ0n) is 18.2. The third-order valence-corrected chi connectivity index (χ3v) is 8.15. The van der Waals surface area contributed by atoms with Gasteiger partial charge in [-0.1, -0.05) is 24.3 Å². The predicted molar refractivity (Wildman–Crippen MR) is 121 cm³/mol. The van der Waals surface area contributed by atoms with Crippen LogP contribution in [0.25, 0.3) is 0 Å². The number of hydrogen-bond donors (Lipinski definition) is 1. The summed E-state index contributed by atoms with van der Waals surface area (Å²) in [6, 6.07) is 13.1. The van der Waals surface area contributed by atoms with E-state index in [0.717, 1.165) is 37.3 Å². The molecule has 0 spiro atoms. The van der Waals surface area contributed by atoms with Gasteiger partial charge in [-0.15, -0.1) is 0 Å². The van der Waals surface area contributed by atoms with Gasteiger partial charge >= 0.3 is 0 Å². The zero-order valence-corrected chi connectivity index (χ0v) is 19.0. The Morgan fingerprint density at radius 2 is 1.72 bits per heavy atom. The van der Waals surface area contributed by atoms with Gasteiger partial charge < -0.3 is 5.32 Å². The number of sulfonamides is 1. The monoisotopic (exact) mass is 459 g/mol. The van der Waals surface area contributed by atoms with Crippen LogP contribution in [0.15, 0.2) is 53.4 Å². The van der Waals surface area contributed by atoms with Gasteiger partial charge in [0, 0.05) is 26.2 Å². The molecule has 1 atom stereocenters. The molecule has 2 saturated heterocycles. The first kappa shape index (κ1) is 22.9. The molecule has 2 heterocycles. The number of carbonyl (C=O) groups is 1. The molecule has 0 aromatic heterocycles. The second kappa shape index (κ2) is 10.1. The van der Waals surface area contributed by atoms with Gasteiger partial charge in [0.15, 0.2) is 0 Å². The van der Waals surface area contributed by atoms with E-state index in [1.165, 1.54) is 34.8 Å². The number of carbonyl (C=O) groups excluding carboxylic acids is 1. The minimum Gasteiger partial charge on any atom is -0.352 e. The van der Waals surface area contributed by atoms with Crippen LogP contribution < -0.4 is 5.32 Å². The summed E-state index contributed by atoms with van der Waals surface area (Å²) in [6.07, 6.45) is 3.77. The molecule has 1 N–H and O–H groups in total. The molecule has 32 heavy (non-hydrogen) atoms. The molecule has 4 rings (SSSR count). The summed E-state index contributed by atoms with van der Waals surface area (Å²) in [4.78, 5) is 15.3. The summed E-state index contributed by atoms with van der Waals surface area (Å²) in [5.41, 5.74) is 2.29. The van der Waals surface area contributed by atoms with Crippen molar-refractivity contribution in [3.8, 4) is 0 Å². The number of likely N-dealkylation sites (tertiary alicyclic amines) is 1. The second-order valence-corrected chi connectivity index (χ2v) is 10.6. The average Bonchev–Trinajstić information content (AvgIpc) is 3.31. The van der Waals surface area contributed by atoms with Crippen LogP contribution in [0.4, 0.5) is 4.39 Å². The lowest BCUT2D eigenvalue weighted by Gasteiger charge is -2.31. The Hall–Kier alpha value is -2.29. The first-order valence-corrected chi connectivity index (χ1v) is 12.7. The van der Waals surface area contributed by atoms with Crippen LogP contribution in [0.1, 0.15) is 36.8 Å². The van der Waals surface area contributed by atoms with Crippen molar-refractivity contribution in [3.63, 3.8) is 0 Å². The molecule has 1 amide bonds. The van der Waals surface area contributed by atoms with Gasteiger partial charge in [-0.05, 0) is 74.2 Å². The summed E-state index contributed by atoms with van der Waals surface area (Å²) < 4.78 is 40.3. The molecule has 0 saturated carbocycles. The number of nitrogens with zero attached hydrogens (tertiary/aromatic N) is 2. The fraction of sp³-hybridized carbons (Fsp3) is 0.458. The molecule has 6 nitrogen and oxygen atoms in total. The molecule has 2 aliphatic rings. The fourth-order valence-corrected chi connectivity index (χ4v) is 6.02. The van der Waals surface area contributed by atoms with Gasteiger partial charge in [-0.3, -0.25) is 9.69 Å². The van der Waals surface area contributed by atoms with E-state index in [1.807, 2.05) is 12.1 Å². The largest absolute Gasteiger partial charge is 0.352 e. The lowest BCUT2D eigenvalue weighted by Crippen LogP contribution is -2.45. The van der Waals surface area contributed by atoms with E-state index in [9.17, 15) is 17.6 Å². The summed E-state index contributed by atoms with van der Waals surface area (Å²) >= 11 is 0. The van der Waals surface area contributed by atoms with Crippen LogP contribution >= 0.6 is 0 Å². The van der Waals surface area contributed by atoms with Crippen molar-refractivity contribution in [1.29, 1.82) is 0 Å². The highest BCUT2D eigenvalue weighted by Crippen LogP contribution is 2.24. The molecular weight excluding hydrogens is 429 g/mol. The smallest absolute Gasteiger partial charge is 0.243 e. The number of nitrogens with one attached hydrogen (secondary N) is 1. The summed E-state index contributed by atoms with van der Waals surface area (Å²) in [7, 11) is -3.75. The molecule has 0 bridgehead atoms. The highest BCUT2D eigenvalue weighted by atomic mass is 32.2. The van der Waals surface area contributed by atoms with Crippen molar-refractivity contribution >= 4 is 15.9 Å². The Morgan fingerprint density at radius 3 is 2.47 bits per heavy atom. The molecule has 2 aromatic carbocycles. The molecule has 0 aliphatic carbocycles. The first-order valence-electron chi connectivity index (χ1n) is 11.3. The number of halogens is 1. The molecular formula is C24H30FN3O3S. The maximum atomic E-state index is 13.2. The maximum Gasteiger partial charge on any atom is 0.243 e. The summed E-state index contributed by atoms with van der Waals surface area (Å²) in [6.45, 7) is 4.14. The Labute approximate surface area is 189 Å². The molecule has 2 fully saturated rings. The summed E-state index contributed by atoms with van der Waals surface area (Å²) in [5.74, 6) is -1.01. The van der Waals surface area contributed by atoms with E-state index in [-0.39, 0.29) is 17.3 Å². The van der Waals surface area contributed by atoms with Gasteiger partial charge in [0.05, 0.1) is 10.8 Å². The SMILES string of the molecule is O=C(NCc1cccc(CN2CCCC2)c1)[C@@H]1CCCN(S(=O)(=O)c2ccc(F)cc2)C1. The minimum absolute atomic E-state index is 0.0507. The molecule has 0 unspecified atom stereocenters. The first-order chi connectivity index (χ1) is 15.4. The second-order valence-electron chi connectivity index (χ2n) is 8.68. The van der Waals surface area contributed by atoms with Crippen molar-refractivity contribution in [2.75, 3.05) is 26.2 Å². The number of rotatable bonds is 7. The van der Waals surface area contributed by atoms with E-state index in [4.69, 9.17) is 0 Å². The van der Waals surface area contributed by atoms with E-state index in [2.05, 4.69) is 22.3 Å². The number of piperidine rings is 1. The van der Waals surface area contributed by atoms with Crippen molar-refractivity contribution in [2.45, 2.75) is 43.7 Å². The van der Waals surface area contributed by atoms with Crippen LogP contribution in [-0.4, -0.2) is 49.7 Å². The van der Waals surface area contributed by atoms with Crippen molar-refractivity contribution in [3.05, 3.63) is 65.5 Å². The topological polar surface area (TPSA) is 69.7 Å². The van der Waals surface area contributed by atoms with E-state index >= 15 is 0 Å². The third-order valence-electron chi connectivity index (χ3n) is 6.27. The number of hydrogen-bond acceptors (Lipinski definition) is 4. The van der Waals surface area contributed by atoms with Crippen LogP contribution in [-0.2, 0) is 27.9 Å². The van der Waals surface area contributed by atoms with Crippen molar-refractivity contribution < 1.29 is 17.6 Å². The molecule has 172 valence electrons. The van der Waals surface area contributed by atoms with Crippen molar-refractivity contribution in [2.24, 2.45) is 5.92 Å². The number of benzene rings is 2. The predicted octanol–water partition coefficient (Wildman–Crippen LogP) is 3.14. The fourth-order valence-electron chi connectivity index (χ4n) is 4.50. The Balaban J connectivity index is 1.34. The minimum atomic E-state index is -3.75.